The fraction of sp³-hybridized carbons (Fsp3) is 0.217. The molecule has 1 amide bonds. The molecule has 0 saturated carbocycles. The van der Waals surface area contributed by atoms with Crippen LogP contribution in [0, 0.1) is 6.92 Å². The molecule has 0 aliphatic heterocycles. The van der Waals surface area contributed by atoms with Gasteiger partial charge in [-0.1, -0.05) is 36.4 Å². The minimum absolute atomic E-state index is 0.352. The zero-order chi connectivity index (χ0) is 21.5. The van der Waals surface area contributed by atoms with Gasteiger partial charge in [0.1, 0.15) is 6.10 Å². The van der Waals surface area contributed by atoms with E-state index in [4.69, 9.17) is 0 Å². The number of aliphatic hydroxyl groups is 2. The molecule has 4 N–H and O–H groups in total. The molecule has 1 heterocycles. The topological polar surface area (TPSA) is 94.5 Å². The molecule has 0 aliphatic rings. The third kappa shape index (κ3) is 5.66. The molecule has 0 bridgehead atoms. The smallest absolute Gasteiger partial charge is 0.251 e. The monoisotopic (exact) mass is 469 g/mol. The predicted octanol–water partition coefficient (Wildman–Crippen LogP) is 3.59. The molecule has 0 saturated heterocycles. The molecular formula is C23H24BrN3O3. The molecular weight excluding hydrogens is 446 g/mol. The van der Waals surface area contributed by atoms with Crippen molar-refractivity contribution in [3.05, 3.63) is 93.7 Å². The van der Waals surface area contributed by atoms with Crippen molar-refractivity contribution in [2.75, 3.05) is 11.9 Å². The predicted molar refractivity (Wildman–Crippen MR) is 120 cm³/mol. The Morgan fingerprint density at radius 3 is 2.60 bits per heavy atom. The van der Waals surface area contributed by atoms with Crippen LogP contribution in [0.4, 0.5) is 5.69 Å². The highest BCUT2D eigenvalue weighted by Crippen LogP contribution is 2.19. The quantitative estimate of drug-likeness (QED) is 0.404. The van der Waals surface area contributed by atoms with E-state index in [9.17, 15) is 15.0 Å². The number of halogens is 1. The van der Waals surface area contributed by atoms with Crippen molar-refractivity contribution in [3.63, 3.8) is 0 Å². The first-order chi connectivity index (χ1) is 14.5. The molecule has 2 aromatic carbocycles. The average Bonchev–Trinajstić information content (AvgIpc) is 2.77. The van der Waals surface area contributed by atoms with Crippen molar-refractivity contribution in [2.45, 2.75) is 25.6 Å². The first-order valence-corrected chi connectivity index (χ1v) is 10.4. The molecule has 3 rings (SSSR count). The maximum absolute atomic E-state index is 12.8. The van der Waals surface area contributed by atoms with Gasteiger partial charge in [0.05, 0.1) is 24.5 Å². The second kappa shape index (κ2) is 10.3. The maximum Gasteiger partial charge on any atom is 0.251 e. The first-order valence-electron chi connectivity index (χ1n) is 9.56. The second-order valence-electron chi connectivity index (χ2n) is 7.00. The molecule has 6 nitrogen and oxygen atoms in total. The lowest BCUT2D eigenvalue weighted by atomic mass is 10.0. The summed E-state index contributed by atoms with van der Waals surface area (Å²) in [6.45, 7) is 2.13. The number of benzene rings is 2. The summed E-state index contributed by atoms with van der Waals surface area (Å²) in [4.78, 5) is 16.9. The highest BCUT2D eigenvalue weighted by molar-refractivity contribution is 9.10. The van der Waals surface area contributed by atoms with Crippen LogP contribution in [0.25, 0.3) is 0 Å². The molecule has 0 spiro atoms. The number of carbonyl (C=O) groups excluding carboxylic acids is 1. The number of anilines is 1. The minimum Gasteiger partial charge on any atom is -0.394 e. The van der Waals surface area contributed by atoms with Gasteiger partial charge in [0.25, 0.3) is 5.91 Å². The molecule has 0 fully saturated rings. The summed E-state index contributed by atoms with van der Waals surface area (Å²) in [6.07, 6.45) is 2.44. The van der Waals surface area contributed by atoms with E-state index in [-0.39, 0.29) is 12.5 Å². The standard InChI is InChI=1S/C23H24BrN3O3/c1-15-7-8-17(9-18(15)11-26-20-10-19(24)12-25-13-20)23(30)27-21(14-28)22(29)16-5-3-2-4-6-16/h2-10,12-13,21-22,26,28-29H,11,14H2,1H3,(H,27,30)/t21-,22-/m0/s1. The Morgan fingerprint density at radius 2 is 1.90 bits per heavy atom. The summed E-state index contributed by atoms with van der Waals surface area (Å²) in [5.41, 5.74) is 3.97. The lowest BCUT2D eigenvalue weighted by Gasteiger charge is -2.23. The Morgan fingerprint density at radius 1 is 1.13 bits per heavy atom. The third-order valence-corrected chi connectivity index (χ3v) is 5.27. The van der Waals surface area contributed by atoms with Gasteiger partial charge >= 0.3 is 0 Å². The molecule has 0 aliphatic carbocycles. The van der Waals surface area contributed by atoms with Crippen LogP contribution < -0.4 is 10.6 Å². The molecule has 7 heteroatoms. The fourth-order valence-corrected chi connectivity index (χ4v) is 3.43. The van der Waals surface area contributed by atoms with Gasteiger partial charge in [0, 0.05) is 22.8 Å². The molecule has 156 valence electrons. The Labute approximate surface area is 184 Å². The van der Waals surface area contributed by atoms with E-state index in [2.05, 4.69) is 31.5 Å². The van der Waals surface area contributed by atoms with Crippen molar-refractivity contribution < 1.29 is 15.0 Å². The van der Waals surface area contributed by atoms with Crippen LogP contribution in [0.1, 0.15) is 33.2 Å². The number of amides is 1. The number of hydrogen-bond acceptors (Lipinski definition) is 5. The normalized spacial score (nSPS) is 12.8. The lowest BCUT2D eigenvalue weighted by molar-refractivity contribution is 0.0703. The largest absolute Gasteiger partial charge is 0.394 e. The van der Waals surface area contributed by atoms with E-state index >= 15 is 0 Å². The summed E-state index contributed by atoms with van der Waals surface area (Å²) >= 11 is 3.40. The third-order valence-electron chi connectivity index (χ3n) is 4.83. The maximum atomic E-state index is 12.8. The summed E-state index contributed by atoms with van der Waals surface area (Å²) < 4.78 is 0.879. The fourth-order valence-electron chi connectivity index (χ4n) is 3.07. The number of nitrogens with zero attached hydrogens (tertiary/aromatic N) is 1. The van der Waals surface area contributed by atoms with Gasteiger partial charge in [-0.15, -0.1) is 0 Å². The molecule has 1 aromatic heterocycles. The van der Waals surface area contributed by atoms with Crippen LogP contribution in [-0.4, -0.2) is 33.8 Å². The number of pyridine rings is 1. The molecule has 0 radical (unpaired) electrons. The van der Waals surface area contributed by atoms with Crippen molar-refractivity contribution in [2.24, 2.45) is 0 Å². The highest BCUT2D eigenvalue weighted by Gasteiger charge is 2.22. The van der Waals surface area contributed by atoms with Gasteiger partial charge in [-0.2, -0.15) is 0 Å². The van der Waals surface area contributed by atoms with Gasteiger partial charge < -0.3 is 20.8 Å². The van der Waals surface area contributed by atoms with E-state index in [0.717, 1.165) is 21.3 Å². The number of hydrogen-bond donors (Lipinski definition) is 4. The van der Waals surface area contributed by atoms with Gasteiger partial charge in [0.15, 0.2) is 0 Å². The van der Waals surface area contributed by atoms with Crippen LogP contribution in [-0.2, 0) is 6.54 Å². The van der Waals surface area contributed by atoms with Crippen molar-refractivity contribution >= 4 is 27.5 Å². The Bertz CT molecular complexity index is 998. The molecule has 2 atom stereocenters. The number of rotatable bonds is 8. The molecule has 3 aromatic rings. The van der Waals surface area contributed by atoms with Crippen LogP contribution in [0.5, 0.6) is 0 Å². The van der Waals surface area contributed by atoms with E-state index in [1.807, 2.05) is 31.2 Å². The SMILES string of the molecule is Cc1ccc(C(=O)N[C@@H](CO)[C@@H](O)c2ccccc2)cc1CNc1cncc(Br)c1. The summed E-state index contributed by atoms with van der Waals surface area (Å²) in [6, 6.07) is 15.5. The van der Waals surface area contributed by atoms with E-state index in [1.54, 1.807) is 42.7 Å². The summed E-state index contributed by atoms with van der Waals surface area (Å²) in [5, 5.41) is 26.2. The van der Waals surface area contributed by atoms with E-state index in [1.165, 1.54) is 0 Å². The second-order valence-corrected chi connectivity index (χ2v) is 7.92. The number of nitrogens with one attached hydrogen (secondary N) is 2. The lowest BCUT2D eigenvalue weighted by Crippen LogP contribution is -2.42. The summed E-state index contributed by atoms with van der Waals surface area (Å²) in [5.74, 6) is -0.352. The van der Waals surface area contributed by atoms with Crippen molar-refractivity contribution in [3.8, 4) is 0 Å². The molecule has 30 heavy (non-hydrogen) atoms. The average molecular weight is 470 g/mol. The Hall–Kier alpha value is -2.74. The van der Waals surface area contributed by atoms with Gasteiger partial charge in [0.2, 0.25) is 0 Å². The highest BCUT2D eigenvalue weighted by atomic mass is 79.9. The molecule has 0 unspecified atom stereocenters. The van der Waals surface area contributed by atoms with Gasteiger partial charge in [-0.25, -0.2) is 0 Å². The minimum atomic E-state index is -1.00. The van der Waals surface area contributed by atoms with Crippen LogP contribution in [0.3, 0.4) is 0 Å². The van der Waals surface area contributed by atoms with E-state index in [0.29, 0.717) is 17.7 Å². The number of carbonyl (C=O) groups is 1. The van der Waals surface area contributed by atoms with Crippen LogP contribution in [0.2, 0.25) is 0 Å². The zero-order valence-electron chi connectivity index (χ0n) is 16.5. The Balaban J connectivity index is 1.70. The van der Waals surface area contributed by atoms with Gasteiger partial charge in [-0.05, 0) is 57.7 Å². The number of aryl methyl sites for hydroxylation is 1. The van der Waals surface area contributed by atoms with Crippen LogP contribution >= 0.6 is 15.9 Å². The van der Waals surface area contributed by atoms with Crippen LogP contribution in [0.15, 0.2) is 71.5 Å². The number of aliphatic hydroxyl groups excluding tert-OH is 2. The van der Waals surface area contributed by atoms with Crippen molar-refractivity contribution in [1.29, 1.82) is 0 Å². The number of aromatic nitrogens is 1. The van der Waals surface area contributed by atoms with Crippen molar-refractivity contribution in [1.82, 2.24) is 10.3 Å². The van der Waals surface area contributed by atoms with Gasteiger partial charge in [-0.3, -0.25) is 9.78 Å². The summed E-state index contributed by atoms with van der Waals surface area (Å²) in [7, 11) is 0. The van der Waals surface area contributed by atoms with E-state index < -0.39 is 12.1 Å². The zero-order valence-corrected chi connectivity index (χ0v) is 18.1. The Kier molecular flexibility index (Phi) is 7.57. The first kappa shape index (κ1) is 22.0.